The van der Waals surface area contributed by atoms with Gasteiger partial charge in [-0.05, 0) is 61.9 Å². The zero-order valence-electron chi connectivity index (χ0n) is 14.1. The Kier molecular flexibility index (Phi) is 7.29. The lowest BCUT2D eigenvalue weighted by atomic mass is 10.2. The van der Waals surface area contributed by atoms with Crippen molar-refractivity contribution in [1.82, 2.24) is 5.32 Å². The largest absolute Gasteiger partial charge is 0.457 e. The number of anilines is 1. The van der Waals surface area contributed by atoms with Gasteiger partial charge in [-0.2, -0.15) is 5.26 Å². The Morgan fingerprint density at radius 2 is 1.72 bits per heavy atom. The quantitative estimate of drug-likeness (QED) is 0.715. The standard InChI is InChI=1S/C19H21N3O3/c1-2-24-13-3-12-21-19(23)22-16-6-10-18(11-7-16)25-17-8-4-15(14-20)5-9-17/h4-11H,2-3,12-13H2,1H3,(H2,21,22,23). The van der Waals surface area contributed by atoms with E-state index in [-0.39, 0.29) is 6.03 Å². The molecule has 0 unspecified atom stereocenters. The van der Waals surface area contributed by atoms with Gasteiger partial charge in [-0.25, -0.2) is 4.79 Å². The summed E-state index contributed by atoms with van der Waals surface area (Å²) in [5.74, 6) is 1.29. The van der Waals surface area contributed by atoms with Crippen LogP contribution in [0.2, 0.25) is 0 Å². The molecule has 2 amide bonds. The number of carbonyl (C=O) groups excluding carboxylic acids is 1. The van der Waals surface area contributed by atoms with E-state index in [0.717, 1.165) is 6.42 Å². The van der Waals surface area contributed by atoms with Gasteiger partial charge in [0.05, 0.1) is 11.6 Å². The monoisotopic (exact) mass is 339 g/mol. The Morgan fingerprint density at radius 1 is 1.08 bits per heavy atom. The molecule has 2 rings (SSSR count). The van der Waals surface area contributed by atoms with E-state index in [9.17, 15) is 4.79 Å². The molecular formula is C19H21N3O3. The molecule has 6 heteroatoms. The highest BCUT2D eigenvalue weighted by molar-refractivity contribution is 5.89. The molecule has 0 aliphatic carbocycles. The average Bonchev–Trinajstić information content (AvgIpc) is 2.64. The van der Waals surface area contributed by atoms with Crippen molar-refractivity contribution >= 4 is 11.7 Å². The van der Waals surface area contributed by atoms with Gasteiger partial charge in [-0.3, -0.25) is 0 Å². The minimum Gasteiger partial charge on any atom is -0.457 e. The summed E-state index contributed by atoms with van der Waals surface area (Å²) in [6.45, 7) is 3.82. The first-order valence-electron chi connectivity index (χ1n) is 8.12. The van der Waals surface area contributed by atoms with E-state index in [1.165, 1.54) is 0 Å². The number of hydrogen-bond acceptors (Lipinski definition) is 4. The van der Waals surface area contributed by atoms with Crippen LogP contribution in [0, 0.1) is 11.3 Å². The van der Waals surface area contributed by atoms with Crippen LogP contribution in [0.25, 0.3) is 0 Å². The summed E-state index contributed by atoms with van der Waals surface area (Å²) in [6, 6.07) is 15.7. The van der Waals surface area contributed by atoms with Gasteiger partial charge < -0.3 is 20.1 Å². The zero-order chi connectivity index (χ0) is 17.9. The van der Waals surface area contributed by atoms with Crippen LogP contribution in [0.15, 0.2) is 48.5 Å². The Bertz CT molecular complexity index is 706. The highest BCUT2D eigenvalue weighted by atomic mass is 16.5. The molecule has 25 heavy (non-hydrogen) atoms. The van der Waals surface area contributed by atoms with E-state index in [2.05, 4.69) is 16.7 Å². The third kappa shape index (κ3) is 6.53. The highest BCUT2D eigenvalue weighted by Crippen LogP contribution is 2.23. The fraction of sp³-hybridized carbons (Fsp3) is 0.263. The number of nitriles is 1. The second-order valence-electron chi connectivity index (χ2n) is 5.19. The molecule has 0 saturated heterocycles. The predicted octanol–water partition coefficient (Wildman–Crippen LogP) is 3.90. The molecule has 0 spiro atoms. The van der Waals surface area contributed by atoms with Crippen LogP contribution in [0.4, 0.5) is 10.5 Å². The molecule has 130 valence electrons. The van der Waals surface area contributed by atoms with Crippen molar-refractivity contribution in [1.29, 1.82) is 5.26 Å². The van der Waals surface area contributed by atoms with Crippen LogP contribution in [-0.4, -0.2) is 25.8 Å². The second kappa shape index (κ2) is 9.96. The number of urea groups is 1. The van der Waals surface area contributed by atoms with Crippen LogP contribution in [0.5, 0.6) is 11.5 Å². The summed E-state index contributed by atoms with van der Waals surface area (Å²) < 4.78 is 10.9. The van der Waals surface area contributed by atoms with Crippen molar-refractivity contribution in [3.8, 4) is 17.6 Å². The Balaban J connectivity index is 1.79. The lowest BCUT2D eigenvalue weighted by Crippen LogP contribution is -2.30. The molecule has 0 aliphatic rings. The number of carbonyl (C=O) groups is 1. The molecule has 0 heterocycles. The van der Waals surface area contributed by atoms with E-state index in [1.807, 2.05) is 6.92 Å². The van der Waals surface area contributed by atoms with Crippen LogP contribution >= 0.6 is 0 Å². The van der Waals surface area contributed by atoms with Gasteiger partial charge in [0, 0.05) is 25.4 Å². The molecule has 0 radical (unpaired) electrons. The van der Waals surface area contributed by atoms with Crippen molar-refractivity contribution in [2.24, 2.45) is 0 Å². The van der Waals surface area contributed by atoms with Gasteiger partial charge >= 0.3 is 6.03 Å². The van der Waals surface area contributed by atoms with E-state index in [4.69, 9.17) is 14.7 Å². The maximum absolute atomic E-state index is 11.8. The lowest BCUT2D eigenvalue weighted by Gasteiger charge is -2.09. The van der Waals surface area contributed by atoms with E-state index in [1.54, 1.807) is 48.5 Å². The Labute approximate surface area is 147 Å². The number of ether oxygens (including phenoxy) is 2. The van der Waals surface area contributed by atoms with Crippen LogP contribution in [0.3, 0.4) is 0 Å². The topological polar surface area (TPSA) is 83.4 Å². The smallest absolute Gasteiger partial charge is 0.319 e. The number of amides is 2. The molecule has 0 aromatic heterocycles. The first-order chi connectivity index (χ1) is 12.2. The van der Waals surface area contributed by atoms with Crippen LogP contribution in [0.1, 0.15) is 18.9 Å². The molecule has 2 aromatic carbocycles. The van der Waals surface area contributed by atoms with Gasteiger partial charge in [0.2, 0.25) is 0 Å². The minimum absolute atomic E-state index is 0.253. The molecule has 0 aliphatic heterocycles. The van der Waals surface area contributed by atoms with E-state index < -0.39 is 0 Å². The Hall–Kier alpha value is -3.04. The van der Waals surface area contributed by atoms with Crippen molar-refractivity contribution in [3.63, 3.8) is 0 Å². The molecule has 2 N–H and O–H groups in total. The molecule has 0 bridgehead atoms. The van der Waals surface area contributed by atoms with Crippen LogP contribution < -0.4 is 15.4 Å². The fourth-order valence-corrected chi connectivity index (χ4v) is 2.04. The number of nitrogens with one attached hydrogen (secondary N) is 2. The van der Waals surface area contributed by atoms with Crippen molar-refractivity contribution in [2.75, 3.05) is 25.1 Å². The predicted molar refractivity (Wildman–Crippen MR) is 95.8 cm³/mol. The van der Waals surface area contributed by atoms with Crippen molar-refractivity contribution in [3.05, 3.63) is 54.1 Å². The normalized spacial score (nSPS) is 9.92. The minimum atomic E-state index is -0.253. The molecule has 0 saturated carbocycles. The Morgan fingerprint density at radius 3 is 2.32 bits per heavy atom. The van der Waals surface area contributed by atoms with E-state index >= 15 is 0 Å². The van der Waals surface area contributed by atoms with Gasteiger partial charge in [0.15, 0.2) is 0 Å². The average molecular weight is 339 g/mol. The summed E-state index contributed by atoms with van der Waals surface area (Å²) in [6.07, 6.45) is 0.776. The summed E-state index contributed by atoms with van der Waals surface area (Å²) in [7, 11) is 0. The molecule has 0 atom stereocenters. The number of hydrogen-bond donors (Lipinski definition) is 2. The second-order valence-corrected chi connectivity index (χ2v) is 5.19. The van der Waals surface area contributed by atoms with Gasteiger partial charge in [-0.15, -0.1) is 0 Å². The lowest BCUT2D eigenvalue weighted by molar-refractivity contribution is 0.145. The number of benzene rings is 2. The summed E-state index contributed by atoms with van der Waals surface area (Å²) in [4.78, 5) is 11.8. The maximum Gasteiger partial charge on any atom is 0.319 e. The van der Waals surface area contributed by atoms with Gasteiger partial charge in [0.1, 0.15) is 11.5 Å². The third-order valence-corrected chi connectivity index (χ3v) is 3.29. The summed E-state index contributed by atoms with van der Waals surface area (Å²) >= 11 is 0. The van der Waals surface area contributed by atoms with Crippen molar-refractivity contribution in [2.45, 2.75) is 13.3 Å². The molecular weight excluding hydrogens is 318 g/mol. The van der Waals surface area contributed by atoms with Crippen molar-refractivity contribution < 1.29 is 14.3 Å². The SMILES string of the molecule is CCOCCCNC(=O)Nc1ccc(Oc2ccc(C#N)cc2)cc1. The highest BCUT2D eigenvalue weighted by Gasteiger charge is 2.02. The number of rotatable bonds is 8. The van der Waals surface area contributed by atoms with Crippen LogP contribution in [-0.2, 0) is 4.74 Å². The van der Waals surface area contributed by atoms with Gasteiger partial charge in [-0.1, -0.05) is 0 Å². The first-order valence-corrected chi connectivity index (χ1v) is 8.12. The zero-order valence-corrected chi connectivity index (χ0v) is 14.1. The fourth-order valence-electron chi connectivity index (χ4n) is 2.04. The number of nitrogens with zero attached hydrogens (tertiary/aromatic N) is 1. The summed E-state index contributed by atoms with van der Waals surface area (Å²) in [5, 5.41) is 14.3. The molecule has 6 nitrogen and oxygen atoms in total. The third-order valence-electron chi connectivity index (χ3n) is 3.29. The molecule has 0 fully saturated rings. The molecule has 2 aromatic rings. The first kappa shape index (κ1) is 18.3. The van der Waals surface area contributed by atoms with Gasteiger partial charge in [0.25, 0.3) is 0 Å². The maximum atomic E-state index is 11.8. The van der Waals surface area contributed by atoms with E-state index in [0.29, 0.717) is 42.5 Å². The summed E-state index contributed by atoms with van der Waals surface area (Å²) in [5.41, 5.74) is 1.26.